The standard InChI is InChI=1S/C13H12N4S/c1-9-12(10-6-7-14-13(16-10)18-2)17-8-4-3-5-11(17)15-9/h3-8H,1-2H3. The molecule has 0 unspecified atom stereocenters. The Balaban J connectivity index is 2.27. The summed E-state index contributed by atoms with van der Waals surface area (Å²) in [6.07, 6.45) is 5.77. The van der Waals surface area contributed by atoms with E-state index in [1.165, 1.54) is 11.8 Å². The maximum Gasteiger partial charge on any atom is 0.187 e. The van der Waals surface area contributed by atoms with Crippen molar-refractivity contribution in [3.63, 3.8) is 0 Å². The van der Waals surface area contributed by atoms with Crippen LogP contribution in [0.25, 0.3) is 17.0 Å². The quantitative estimate of drug-likeness (QED) is 0.522. The van der Waals surface area contributed by atoms with Crippen molar-refractivity contribution in [3.8, 4) is 11.4 Å². The summed E-state index contributed by atoms with van der Waals surface area (Å²) >= 11 is 1.54. The predicted octanol–water partition coefficient (Wildman–Crippen LogP) is 2.82. The SMILES string of the molecule is CSc1nccc(-c2c(C)nc3ccccn23)n1. The average molecular weight is 256 g/mol. The Morgan fingerprint density at radius 3 is 2.89 bits per heavy atom. The third-order valence-corrected chi connectivity index (χ3v) is 3.32. The van der Waals surface area contributed by atoms with Gasteiger partial charge in [-0.2, -0.15) is 0 Å². The molecule has 3 heterocycles. The third-order valence-electron chi connectivity index (χ3n) is 2.76. The van der Waals surface area contributed by atoms with Crippen LogP contribution < -0.4 is 0 Å². The van der Waals surface area contributed by atoms with E-state index in [4.69, 9.17) is 0 Å². The van der Waals surface area contributed by atoms with Crippen LogP contribution in [-0.4, -0.2) is 25.6 Å². The highest BCUT2D eigenvalue weighted by molar-refractivity contribution is 7.98. The van der Waals surface area contributed by atoms with Crippen LogP contribution in [0.1, 0.15) is 5.69 Å². The van der Waals surface area contributed by atoms with E-state index >= 15 is 0 Å². The van der Waals surface area contributed by atoms with Gasteiger partial charge in [0.05, 0.1) is 17.1 Å². The molecule has 0 aliphatic rings. The minimum Gasteiger partial charge on any atom is -0.298 e. The van der Waals surface area contributed by atoms with E-state index in [-0.39, 0.29) is 0 Å². The fourth-order valence-corrected chi connectivity index (χ4v) is 2.35. The lowest BCUT2D eigenvalue weighted by Crippen LogP contribution is -1.94. The maximum absolute atomic E-state index is 4.54. The summed E-state index contributed by atoms with van der Waals surface area (Å²) in [7, 11) is 0. The number of nitrogens with zero attached hydrogens (tertiary/aromatic N) is 4. The third kappa shape index (κ3) is 1.76. The fourth-order valence-electron chi connectivity index (χ4n) is 1.99. The maximum atomic E-state index is 4.54. The minimum atomic E-state index is 0.776. The van der Waals surface area contributed by atoms with E-state index in [1.54, 1.807) is 6.20 Å². The molecular weight excluding hydrogens is 244 g/mol. The number of aryl methyl sites for hydroxylation is 1. The molecule has 3 rings (SSSR count). The molecule has 90 valence electrons. The topological polar surface area (TPSA) is 43.1 Å². The first-order chi connectivity index (χ1) is 8.79. The zero-order valence-corrected chi connectivity index (χ0v) is 11.0. The van der Waals surface area contributed by atoms with Crippen LogP contribution in [0.4, 0.5) is 0 Å². The monoisotopic (exact) mass is 256 g/mol. The second-order valence-electron chi connectivity index (χ2n) is 3.90. The Kier molecular flexibility index (Phi) is 2.76. The highest BCUT2D eigenvalue weighted by atomic mass is 32.2. The Hall–Kier alpha value is -1.88. The Morgan fingerprint density at radius 2 is 2.06 bits per heavy atom. The van der Waals surface area contributed by atoms with Gasteiger partial charge in [0.25, 0.3) is 0 Å². The summed E-state index contributed by atoms with van der Waals surface area (Å²) < 4.78 is 2.06. The molecule has 0 fully saturated rings. The lowest BCUT2D eigenvalue weighted by molar-refractivity contribution is 0.966. The Labute approximate surface area is 109 Å². The van der Waals surface area contributed by atoms with E-state index in [0.717, 1.165) is 27.9 Å². The molecule has 0 atom stereocenters. The van der Waals surface area contributed by atoms with Crippen LogP contribution in [0.5, 0.6) is 0 Å². The van der Waals surface area contributed by atoms with Gasteiger partial charge in [-0.05, 0) is 31.4 Å². The lowest BCUT2D eigenvalue weighted by atomic mass is 10.2. The number of hydrogen-bond donors (Lipinski definition) is 0. The number of thioether (sulfide) groups is 1. The normalized spacial score (nSPS) is 11.0. The van der Waals surface area contributed by atoms with Gasteiger partial charge in [-0.15, -0.1) is 0 Å². The first kappa shape index (κ1) is 11.2. The van der Waals surface area contributed by atoms with Crippen LogP contribution in [0, 0.1) is 6.92 Å². The van der Waals surface area contributed by atoms with Crippen molar-refractivity contribution in [1.29, 1.82) is 0 Å². The number of fused-ring (bicyclic) bond motifs is 1. The van der Waals surface area contributed by atoms with Gasteiger partial charge in [-0.25, -0.2) is 15.0 Å². The van der Waals surface area contributed by atoms with Crippen LogP contribution >= 0.6 is 11.8 Å². The van der Waals surface area contributed by atoms with E-state index in [9.17, 15) is 0 Å². The van der Waals surface area contributed by atoms with Crippen molar-refractivity contribution in [2.75, 3.05) is 6.26 Å². The zero-order chi connectivity index (χ0) is 12.5. The number of pyridine rings is 1. The molecule has 0 saturated carbocycles. The summed E-state index contributed by atoms with van der Waals surface area (Å²) in [6.45, 7) is 2.00. The molecule has 0 radical (unpaired) electrons. The molecule has 0 aliphatic carbocycles. The highest BCUT2D eigenvalue weighted by Gasteiger charge is 2.12. The van der Waals surface area contributed by atoms with E-state index in [0.29, 0.717) is 0 Å². The highest BCUT2D eigenvalue weighted by Crippen LogP contribution is 2.23. The van der Waals surface area contributed by atoms with Gasteiger partial charge >= 0.3 is 0 Å². The van der Waals surface area contributed by atoms with Crippen molar-refractivity contribution in [2.24, 2.45) is 0 Å². The molecule has 0 N–H and O–H groups in total. The fraction of sp³-hybridized carbons (Fsp3) is 0.154. The van der Waals surface area contributed by atoms with Crippen LogP contribution in [0.15, 0.2) is 41.8 Å². The second kappa shape index (κ2) is 4.42. The van der Waals surface area contributed by atoms with Gasteiger partial charge in [0.1, 0.15) is 5.65 Å². The first-order valence-electron chi connectivity index (χ1n) is 5.60. The lowest BCUT2D eigenvalue weighted by Gasteiger charge is -2.03. The number of aromatic nitrogens is 4. The van der Waals surface area contributed by atoms with E-state index < -0.39 is 0 Å². The van der Waals surface area contributed by atoms with Crippen LogP contribution in [0.3, 0.4) is 0 Å². The molecule has 0 aliphatic heterocycles. The van der Waals surface area contributed by atoms with Crippen molar-refractivity contribution in [3.05, 3.63) is 42.4 Å². The number of rotatable bonds is 2. The van der Waals surface area contributed by atoms with E-state index in [1.807, 2.05) is 43.6 Å². The summed E-state index contributed by atoms with van der Waals surface area (Å²) in [5, 5.41) is 0.776. The van der Waals surface area contributed by atoms with Gasteiger partial charge in [-0.3, -0.25) is 4.40 Å². The summed E-state index contributed by atoms with van der Waals surface area (Å²) in [5.41, 5.74) is 3.86. The molecule has 0 bridgehead atoms. The molecule has 0 amide bonds. The Morgan fingerprint density at radius 1 is 1.17 bits per heavy atom. The minimum absolute atomic E-state index is 0.776. The molecule has 18 heavy (non-hydrogen) atoms. The molecule has 0 saturated heterocycles. The molecule has 0 aromatic carbocycles. The summed E-state index contributed by atoms with van der Waals surface area (Å²) in [6, 6.07) is 7.89. The smallest absolute Gasteiger partial charge is 0.187 e. The van der Waals surface area contributed by atoms with Crippen molar-refractivity contribution >= 4 is 17.4 Å². The van der Waals surface area contributed by atoms with Crippen molar-refractivity contribution in [2.45, 2.75) is 12.1 Å². The largest absolute Gasteiger partial charge is 0.298 e. The van der Waals surface area contributed by atoms with Gasteiger partial charge in [0, 0.05) is 12.4 Å². The summed E-state index contributed by atoms with van der Waals surface area (Å²) in [4.78, 5) is 13.3. The number of imidazole rings is 1. The molecule has 5 heteroatoms. The zero-order valence-electron chi connectivity index (χ0n) is 10.2. The summed E-state index contributed by atoms with van der Waals surface area (Å²) in [5.74, 6) is 0. The second-order valence-corrected chi connectivity index (χ2v) is 4.68. The van der Waals surface area contributed by atoms with Gasteiger partial charge < -0.3 is 0 Å². The van der Waals surface area contributed by atoms with E-state index in [2.05, 4.69) is 19.4 Å². The molecule has 0 spiro atoms. The van der Waals surface area contributed by atoms with Crippen LogP contribution in [-0.2, 0) is 0 Å². The van der Waals surface area contributed by atoms with Crippen LogP contribution in [0.2, 0.25) is 0 Å². The predicted molar refractivity (Wildman–Crippen MR) is 72.7 cm³/mol. The van der Waals surface area contributed by atoms with Crippen molar-refractivity contribution in [1.82, 2.24) is 19.4 Å². The molecule has 4 nitrogen and oxygen atoms in total. The molecule has 3 aromatic heterocycles. The Bertz CT molecular complexity index is 705. The molecular formula is C13H12N4S. The van der Waals surface area contributed by atoms with Crippen molar-refractivity contribution < 1.29 is 0 Å². The molecule has 3 aromatic rings. The van der Waals surface area contributed by atoms with Gasteiger partial charge in [0.2, 0.25) is 0 Å². The van der Waals surface area contributed by atoms with Gasteiger partial charge in [-0.1, -0.05) is 17.8 Å². The van der Waals surface area contributed by atoms with Gasteiger partial charge in [0.15, 0.2) is 5.16 Å². The number of hydrogen-bond acceptors (Lipinski definition) is 4. The average Bonchev–Trinajstić information content (AvgIpc) is 2.74. The first-order valence-corrected chi connectivity index (χ1v) is 6.83.